The van der Waals surface area contributed by atoms with E-state index in [0.29, 0.717) is 15.8 Å². The summed E-state index contributed by atoms with van der Waals surface area (Å²) in [7, 11) is 1.93. The molecule has 2 aromatic rings. The first-order chi connectivity index (χ1) is 8.58. The van der Waals surface area contributed by atoms with Crippen molar-refractivity contribution in [2.45, 2.75) is 19.5 Å². The summed E-state index contributed by atoms with van der Waals surface area (Å²) in [5.74, 6) is 0.102. The third kappa shape index (κ3) is 3.17. The Kier molecular flexibility index (Phi) is 4.50. The van der Waals surface area contributed by atoms with Crippen LogP contribution in [0.4, 0.5) is 0 Å². The lowest BCUT2D eigenvalue weighted by atomic mass is 10.1. The van der Waals surface area contributed by atoms with E-state index in [4.69, 9.17) is 11.6 Å². The van der Waals surface area contributed by atoms with Gasteiger partial charge >= 0.3 is 0 Å². The number of nitrogens with zero attached hydrogens (tertiary/aromatic N) is 2. The van der Waals surface area contributed by atoms with E-state index in [-0.39, 0.29) is 11.8 Å². The Hall–Kier alpha value is -0.750. The summed E-state index contributed by atoms with van der Waals surface area (Å²) >= 11 is 8.74. The molecule has 2 heterocycles. The molecule has 1 unspecified atom stereocenters. The van der Waals surface area contributed by atoms with Crippen LogP contribution in [0, 0.1) is 0 Å². The second-order valence-electron chi connectivity index (χ2n) is 4.04. The molecule has 0 N–H and O–H groups in total. The van der Waals surface area contributed by atoms with Gasteiger partial charge in [0.15, 0.2) is 5.78 Å². The largest absolute Gasteiger partial charge is 0.291 e. The van der Waals surface area contributed by atoms with Crippen molar-refractivity contribution in [2.24, 2.45) is 0 Å². The van der Waals surface area contributed by atoms with Crippen LogP contribution in [0.5, 0.6) is 0 Å². The third-order valence-corrected chi connectivity index (χ3v) is 4.63. The predicted molar refractivity (Wildman–Crippen MR) is 76.7 cm³/mol. The maximum atomic E-state index is 12.2. The van der Waals surface area contributed by atoms with Gasteiger partial charge < -0.3 is 0 Å². The number of Topliss-reactive ketones (excluding diaryl/α,β-unsaturated/α-hetero) is 1. The van der Waals surface area contributed by atoms with Crippen molar-refractivity contribution in [3.63, 3.8) is 0 Å². The van der Waals surface area contributed by atoms with Crippen molar-refractivity contribution < 1.29 is 4.79 Å². The number of likely N-dealkylation sites (N-methyl/N-ethyl adjacent to an activating group) is 1. The van der Waals surface area contributed by atoms with Gasteiger partial charge in [-0.25, -0.2) is 4.98 Å². The van der Waals surface area contributed by atoms with E-state index in [9.17, 15) is 4.79 Å². The molecule has 3 nitrogen and oxygen atoms in total. The number of hydrogen-bond donors (Lipinski definition) is 0. The van der Waals surface area contributed by atoms with Crippen LogP contribution in [0.3, 0.4) is 0 Å². The third-order valence-electron chi connectivity index (χ3n) is 2.75. The van der Waals surface area contributed by atoms with Crippen molar-refractivity contribution >= 4 is 40.1 Å². The van der Waals surface area contributed by atoms with E-state index in [1.807, 2.05) is 24.3 Å². The molecule has 0 amide bonds. The van der Waals surface area contributed by atoms with Gasteiger partial charge in [-0.1, -0.05) is 11.6 Å². The molecule has 0 aliphatic rings. The summed E-state index contributed by atoms with van der Waals surface area (Å²) in [5, 5.41) is 2.00. The molecule has 0 bridgehead atoms. The molecule has 0 saturated carbocycles. The maximum Gasteiger partial charge on any atom is 0.189 e. The van der Waals surface area contributed by atoms with Gasteiger partial charge in [0.2, 0.25) is 0 Å². The Labute approximate surface area is 119 Å². The number of halogens is 1. The van der Waals surface area contributed by atoms with Gasteiger partial charge in [-0.2, -0.15) is 0 Å². The normalized spacial score (nSPS) is 12.9. The summed E-state index contributed by atoms with van der Waals surface area (Å²) in [6.45, 7) is 2.58. The van der Waals surface area contributed by atoms with Gasteiger partial charge in [-0.15, -0.1) is 22.7 Å². The van der Waals surface area contributed by atoms with Gasteiger partial charge in [-0.3, -0.25) is 9.69 Å². The van der Waals surface area contributed by atoms with E-state index in [2.05, 4.69) is 4.98 Å². The molecule has 96 valence electrons. The van der Waals surface area contributed by atoms with Crippen LogP contribution in [0.15, 0.2) is 23.0 Å². The van der Waals surface area contributed by atoms with Gasteiger partial charge in [0.25, 0.3) is 0 Å². The standard InChI is InChI=1S/C12H13ClN2OS2/c1-8(12(16)10-3-4-11(13)18-10)15(2)5-9-6-17-7-14-9/h3-4,6-8H,5H2,1-2H3. The molecule has 2 rings (SSSR count). The van der Waals surface area contributed by atoms with Gasteiger partial charge in [0.1, 0.15) is 0 Å². The van der Waals surface area contributed by atoms with E-state index in [0.717, 1.165) is 5.69 Å². The van der Waals surface area contributed by atoms with Crippen molar-refractivity contribution in [1.82, 2.24) is 9.88 Å². The van der Waals surface area contributed by atoms with Crippen molar-refractivity contribution in [3.8, 4) is 0 Å². The van der Waals surface area contributed by atoms with E-state index in [1.165, 1.54) is 11.3 Å². The minimum Gasteiger partial charge on any atom is -0.291 e. The fourth-order valence-electron chi connectivity index (χ4n) is 1.56. The van der Waals surface area contributed by atoms with Crippen molar-refractivity contribution in [2.75, 3.05) is 7.05 Å². The lowest BCUT2D eigenvalue weighted by Gasteiger charge is -2.22. The summed E-state index contributed by atoms with van der Waals surface area (Å²) in [6, 6.07) is 3.36. The topological polar surface area (TPSA) is 33.2 Å². The first-order valence-corrected chi connectivity index (χ1v) is 7.58. The van der Waals surface area contributed by atoms with Crippen LogP contribution < -0.4 is 0 Å². The number of carbonyl (C=O) groups excluding carboxylic acids is 1. The Morgan fingerprint density at radius 1 is 1.56 bits per heavy atom. The van der Waals surface area contributed by atoms with E-state index >= 15 is 0 Å². The zero-order valence-corrected chi connectivity index (χ0v) is 12.5. The number of aromatic nitrogens is 1. The maximum absolute atomic E-state index is 12.2. The van der Waals surface area contributed by atoms with Crippen LogP contribution in [-0.4, -0.2) is 28.8 Å². The molecule has 0 aliphatic heterocycles. The molecule has 0 spiro atoms. The van der Waals surface area contributed by atoms with E-state index < -0.39 is 0 Å². The Morgan fingerprint density at radius 3 is 2.89 bits per heavy atom. The highest BCUT2D eigenvalue weighted by molar-refractivity contribution is 7.18. The summed E-state index contributed by atoms with van der Waals surface area (Å²) in [4.78, 5) is 19.1. The molecular weight excluding hydrogens is 288 g/mol. The fourth-order valence-corrected chi connectivity index (χ4v) is 3.18. The van der Waals surface area contributed by atoms with Crippen LogP contribution in [-0.2, 0) is 6.54 Å². The fraction of sp³-hybridized carbons (Fsp3) is 0.333. The molecule has 18 heavy (non-hydrogen) atoms. The quantitative estimate of drug-likeness (QED) is 0.792. The molecule has 0 aliphatic carbocycles. The van der Waals surface area contributed by atoms with Crippen LogP contribution >= 0.6 is 34.3 Å². The lowest BCUT2D eigenvalue weighted by molar-refractivity contribution is 0.0865. The molecule has 6 heteroatoms. The van der Waals surface area contributed by atoms with Crippen LogP contribution in [0.25, 0.3) is 0 Å². The highest BCUT2D eigenvalue weighted by Crippen LogP contribution is 2.23. The smallest absolute Gasteiger partial charge is 0.189 e. The molecule has 2 aromatic heterocycles. The van der Waals surface area contributed by atoms with Gasteiger partial charge in [0, 0.05) is 11.9 Å². The Bertz CT molecular complexity index is 524. The first kappa shape index (κ1) is 13.7. The molecular formula is C12H13ClN2OS2. The number of ketones is 1. The number of thiazole rings is 1. The lowest BCUT2D eigenvalue weighted by Crippen LogP contribution is -2.35. The molecule has 0 saturated heterocycles. The highest BCUT2D eigenvalue weighted by atomic mass is 35.5. The first-order valence-electron chi connectivity index (χ1n) is 5.45. The average molecular weight is 301 g/mol. The van der Waals surface area contributed by atoms with E-state index in [1.54, 1.807) is 29.0 Å². The van der Waals surface area contributed by atoms with Crippen LogP contribution in [0.1, 0.15) is 22.3 Å². The SMILES string of the molecule is CC(C(=O)c1ccc(Cl)s1)N(C)Cc1cscn1. The minimum atomic E-state index is -0.179. The van der Waals surface area contributed by atoms with Gasteiger partial charge in [-0.05, 0) is 26.1 Å². The Morgan fingerprint density at radius 2 is 2.33 bits per heavy atom. The second kappa shape index (κ2) is 5.93. The van der Waals surface area contributed by atoms with Crippen molar-refractivity contribution in [1.29, 1.82) is 0 Å². The zero-order valence-electron chi connectivity index (χ0n) is 10.1. The summed E-state index contributed by atoms with van der Waals surface area (Å²) < 4.78 is 0.646. The number of rotatable bonds is 5. The molecule has 0 radical (unpaired) electrons. The summed E-state index contributed by atoms with van der Waals surface area (Å²) in [5.41, 5.74) is 2.79. The Balaban J connectivity index is 2.02. The molecule has 0 fully saturated rings. The highest BCUT2D eigenvalue weighted by Gasteiger charge is 2.21. The molecule has 0 aromatic carbocycles. The zero-order chi connectivity index (χ0) is 13.1. The predicted octanol–water partition coefficient (Wildman–Crippen LogP) is 3.56. The monoisotopic (exact) mass is 300 g/mol. The summed E-state index contributed by atoms with van der Waals surface area (Å²) in [6.07, 6.45) is 0. The number of thiophene rings is 1. The number of carbonyl (C=O) groups is 1. The van der Waals surface area contributed by atoms with Crippen molar-refractivity contribution in [3.05, 3.63) is 37.9 Å². The number of hydrogen-bond acceptors (Lipinski definition) is 5. The van der Waals surface area contributed by atoms with Crippen LogP contribution in [0.2, 0.25) is 4.34 Å². The molecule has 1 atom stereocenters. The minimum absolute atomic E-state index is 0.102. The average Bonchev–Trinajstić information content (AvgIpc) is 2.98. The van der Waals surface area contributed by atoms with Gasteiger partial charge in [0.05, 0.1) is 26.5 Å². The second-order valence-corrected chi connectivity index (χ2v) is 6.47.